The van der Waals surface area contributed by atoms with E-state index in [1.54, 1.807) is 0 Å². The first kappa shape index (κ1) is 10.7. The minimum Gasteiger partial charge on any atom is -0.369 e. The van der Waals surface area contributed by atoms with Gasteiger partial charge in [0.25, 0.3) is 0 Å². The number of rotatable bonds is 3. The average Bonchev–Trinajstić information content (AvgIpc) is 2.09. The Hall–Kier alpha value is -0.830. The first-order chi connectivity index (χ1) is 7.19. The minimum atomic E-state index is 0.614. The fourth-order valence-corrected chi connectivity index (χ4v) is 2.85. The van der Waals surface area contributed by atoms with Gasteiger partial charge in [0.15, 0.2) is 0 Å². The molecular formula is C12H21N3. The van der Waals surface area contributed by atoms with E-state index >= 15 is 0 Å². The zero-order chi connectivity index (χ0) is 10.9. The van der Waals surface area contributed by atoms with Crippen LogP contribution in [0.25, 0.3) is 0 Å². The highest BCUT2D eigenvalue weighted by Gasteiger charge is 2.50. The van der Waals surface area contributed by atoms with Crippen molar-refractivity contribution in [2.75, 3.05) is 40.3 Å². The van der Waals surface area contributed by atoms with E-state index < -0.39 is 0 Å². The summed E-state index contributed by atoms with van der Waals surface area (Å²) in [6.07, 6.45) is 5.34. The van der Waals surface area contributed by atoms with Crippen molar-refractivity contribution in [3.05, 3.63) is 11.8 Å². The second kappa shape index (κ2) is 3.97. The number of aliphatic imine (C=N–C) groups is 1. The lowest BCUT2D eigenvalue weighted by Crippen LogP contribution is -2.70. The van der Waals surface area contributed by atoms with E-state index in [1.807, 2.05) is 13.3 Å². The molecule has 3 heteroatoms. The SMILES string of the molecule is CC/C=C(\C=NC)N1CC2(CN(C)C2)C1. The maximum absolute atomic E-state index is 4.12. The molecule has 0 radical (unpaired) electrons. The first-order valence-electron chi connectivity index (χ1n) is 5.75. The Kier molecular flexibility index (Phi) is 2.83. The summed E-state index contributed by atoms with van der Waals surface area (Å²) in [6.45, 7) is 7.15. The molecule has 2 fully saturated rings. The van der Waals surface area contributed by atoms with Gasteiger partial charge in [-0.1, -0.05) is 13.0 Å². The molecule has 0 amide bonds. The zero-order valence-electron chi connectivity index (χ0n) is 10.0. The quantitative estimate of drug-likeness (QED) is 0.648. The third-order valence-electron chi connectivity index (χ3n) is 3.30. The van der Waals surface area contributed by atoms with Crippen LogP contribution in [0.3, 0.4) is 0 Å². The lowest BCUT2D eigenvalue weighted by atomic mass is 9.73. The highest BCUT2D eigenvalue weighted by atomic mass is 15.3. The van der Waals surface area contributed by atoms with Crippen molar-refractivity contribution in [3.8, 4) is 0 Å². The Morgan fingerprint density at radius 3 is 2.47 bits per heavy atom. The van der Waals surface area contributed by atoms with E-state index in [-0.39, 0.29) is 0 Å². The zero-order valence-corrected chi connectivity index (χ0v) is 10.0. The number of hydrogen-bond acceptors (Lipinski definition) is 3. The van der Waals surface area contributed by atoms with E-state index in [9.17, 15) is 0 Å². The Bertz CT molecular complexity index is 279. The first-order valence-corrected chi connectivity index (χ1v) is 5.75. The van der Waals surface area contributed by atoms with Gasteiger partial charge in [-0.2, -0.15) is 0 Å². The van der Waals surface area contributed by atoms with E-state index in [0.29, 0.717) is 5.41 Å². The van der Waals surface area contributed by atoms with Crippen LogP contribution in [0.4, 0.5) is 0 Å². The summed E-state index contributed by atoms with van der Waals surface area (Å²) in [4.78, 5) is 8.96. The van der Waals surface area contributed by atoms with Crippen LogP contribution in [0.15, 0.2) is 16.8 Å². The topological polar surface area (TPSA) is 18.8 Å². The molecule has 1 spiro atoms. The molecule has 15 heavy (non-hydrogen) atoms. The maximum Gasteiger partial charge on any atom is 0.0507 e. The smallest absolute Gasteiger partial charge is 0.0507 e. The highest BCUT2D eigenvalue weighted by Crippen LogP contribution is 2.40. The van der Waals surface area contributed by atoms with Gasteiger partial charge in [-0.3, -0.25) is 4.99 Å². The molecule has 2 saturated heterocycles. The molecule has 0 aliphatic carbocycles. The Morgan fingerprint density at radius 1 is 1.33 bits per heavy atom. The number of likely N-dealkylation sites (tertiary alicyclic amines) is 2. The summed E-state index contributed by atoms with van der Waals surface area (Å²) >= 11 is 0. The van der Waals surface area contributed by atoms with Crippen molar-refractivity contribution in [2.24, 2.45) is 10.4 Å². The van der Waals surface area contributed by atoms with Gasteiger partial charge in [0.2, 0.25) is 0 Å². The molecule has 0 saturated carbocycles. The molecule has 0 bridgehead atoms. The molecule has 0 atom stereocenters. The molecule has 2 aliphatic rings. The normalized spacial score (nSPS) is 25.8. The van der Waals surface area contributed by atoms with Gasteiger partial charge in [-0.05, 0) is 13.5 Å². The molecule has 0 N–H and O–H groups in total. The van der Waals surface area contributed by atoms with Gasteiger partial charge in [0.1, 0.15) is 0 Å². The molecule has 2 heterocycles. The van der Waals surface area contributed by atoms with Crippen LogP contribution in [-0.4, -0.2) is 56.3 Å². The lowest BCUT2D eigenvalue weighted by molar-refractivity contribution is -0.0860. The lowest BCUT2D eigenvalue weighted by Gasteiger charge is -2.60. The summed E-state index contributed by atoms with van der Waals surface area (Å²) in [6, 6.07) is 0. The monoisotopic (exact) mass is 207 g/mol. The molecule has 0 unspecified atom stereocenters. The highest BCUT2D eigenvalue weighted by molar-refractivity contribution is 5.77. The van der Waals surface area contributed by atoms with Crippen molar-refractivity contribution < 1.29 is 0 Å². The van der Waals surface area contributed by atoms with Gasteiger partial charge in [0.05, 0.1) is 5.70 Å². The molecule has 2 rings (SSSR count). The fourth-order valence-electron chi connectivity index (χ4n) is 2.85. The standard InChI is InChI=1S/C12H21N3/c1-4-5-11(6-13-2)15-9-12(10-15)7-14(3)8-12/h5-6H,4,7-10H2,1-3H3/b11-5+,13-6?. The second-order valence-electron chi connectivity index (χ2n) is 4.95. The van der Waals surface area contributed by atoms with Crippen LogP contribution in [0.1, 0.15) is 13.3 Å². The summed E-state index contributed by atoms with van der Waals surface area (Å²) in [7, 11) is 4.04. The molecule has 0 aromatic carbocycles. The fraction of sp³-hybridized carbons (Fsp3) is 0.750. The molecule has 84 valence electrons. The van der Waals surface area contributed by atoms with Crippen molar-refractivity contribution in [2.45, 2.75) is 13.3 Å². The minimum absolute atomic E-state index is 0.614. The van der Waals surface area contributed by atoms with Crippen molar-refractivity contribution >= 4 is 6.21 Å². The average molecular weight is 207 g/mol. The van der Waals surface area contributed by atoms with Crippen LogP contribution < -0.4 is 0 Å². The third-order valence-corrected chi connectivity index (χ3v) is 3.30. The summed E-state index contributed by atoms with van der Waals surface area (Å²) in [5.41, 5.74) is 1.92. The summed E-state index contributed by atoms with van der Waals surface area (Å²) in [5.74, 6) is 0. The van der Waals surface area contributed by atoms with Gasteiger partial charge in [-0.15, -0.1) is 0 Å². The van der Waals surface area contributed by atoms with Crippen molar-refractivity contribution in [1.82, 2.24) is 9.80 Å². The maximum atomic E-state index is 4.12. The third kappa shape index (κ3) is 1.93. The van der Waals surface area contributed by atoms with Crippen molar-refractivity contribution in [3.63, 3.8) is 0 Å². The Morgan fingerprint density at radius 2 is 2.00 bits per heavy atom. The predicted octanol–water partition coefficient (Wildman–Crippen LogP) is 1.23. The number of hydrogen-bond donors (Lipinski definition) is 0. The molecular weight excluding hydrogens is 186 g/mol. The Balaban J connectivity index is 1.89. The van der Waals surface area contributed by atoms with E-state index in [0.717, 1.165) is 6.42 Å². The van der Waals surface area contributed by atoms with Crippen molar-refractivity contribution in [1.29, 1.82) is 0 Å². The largest absolute Gasteiger partial charge is 0.369 e. The second-order valence-corrected chi connectivity index (χ2v) is 4.95. The van der Waals surface area contributed by atoms with E-state index in [1.165, 1.54) is 31.9 Å². The molecule has 0 aromatic heterocycles. The number of allylic oxidation sites excluding steroid dienone is 2. The predicted molar refractivity (Wildman–Crippen MR) is 64.3 cm³/mol. The van der Waals surface area contributed by atoms with Crippen LogP contribution in [-0.2, 0) is 0 Å². The van der Waals surface area contributed by atoms with Crippen LogP contribution in [0.5, 0.6) is 0 Å². The summed E-state index contributed by atoms with van der Waals surface area (Å²) in [5, 5.41) is 0. The molecule has 0 aromatic rings. The van der Waals surface area contributed by atoms with E-state index in [4.69, 9.17) is 0 Å². The van der Waals surface area contributed by atoms with Crippen LogP contribution in [0.2, 0.25) is 0 Å². The van der Waals surface area contributed by atoms with Gasteiger partial charge in [-0.25, -0.2) is 0 Å². The molecule has 2 aliphatic heterocycles. The Labute approximate surface area is 92.5 Å². The summed E-state index contributed by atoms with van der Waals surface area (Å²) < 4.78 is 0. The molecule has 3 nitrogen and oxygen atoms in total. The van der Waals surface area contributed by atoms with Crippen LogP contribution >= 0.6 is 0 Å². The number of nitrogens with zero attached hydrogens (tertiary/aromatic N) is 3. The van der Waals surface area contributed by atoms with Gasteiger partial charge in [0, 0.05) is 44.9 Å². The van der Waals surface area contributed by atoms with E-state index in [2.05, 4.69) is 34.8 Å². The van der Waals surface area contributed by atoms with Gasteiger partial charge < -0.3 is 9.80 Å². The van der Waals surface area contributed by atoms with Crippen LogP contribution in [0, 0.1) is 5.41 Å². The van der Waals surface area contributed by atoms with Gasteiger partial charge >= 0.3 is 0 Å².